The number of esters is 1. The van der Waals surface area contributed by atoms with Crippen molar-refractivity contribution in [1.82, 2.24) is 4.90 Å². The van der Waals surface area contributed by atoms with Gasteiger partial charge in [-0.05, 0) is 104 Å². The Balaban J connectivity index is 1.53. The predicted molar refractivity (Wildman–Crippen MR) is 168 cm³/mol. The molecule has 1 aliphatic heterocycles. The molecule has 1 fully saturated rings. The van der Waals surface area contributed by atoms with Gasteiger partial charge in [0.05, 0.1) is 30.8 Å². The number of alkyl halides is 3. The molecule has 4 aromatic carbocycles. The van der Waals surface area contributed by atoms with Gasteiger partial charge in [-0.15, -0.1) is 0 Å². The third kappa shape index (κ3) is 6.35. The Morgan fingerprint density at radius 3 is 2.36 bits per heavy atom. The maximum atomic E-state index is 13.6. The number of benzene rings is 4. The fraction of sp³-hybridized carbons (Fsp3) is 0.257. The van der Waals surface area contributed by atoms with E-state index in [9.17, 15) is 22.8 Å². The van der Waals surface area contributed by atoms with Gasteiger partial charge in [-0.3, -0.25) is 4.90 Å². The topological polar surface area (TPSA) is 81.9 Å². The number of carbonyl (C=O) groups excluding carboxylic acids is 2. The summed E-state index contributed by atoms with van der Waals surface area (Å²) >= 11 is 6.76. The second-order valence-electron chi connectivity index (χ2n) is 11.4. The number of cyclic esters (lactones) is 1. The summed E-state index contributed by atoms with van der Waals surface area (Å²) in [6.07, 6.45) is -6.07. The zero-order valence-corrected chi connectivity index (χ0v) is 26.1. The summed E-state index contributed by atoms with van der Waals surface area (Å²) in [5.41, 5.74) is 12.8. The highest BCUT2D eigenvalue weighted by molar-refractivity contribution is 6.33. The van der Waals surface area contributed by atoms with Gasteiger partial charge in [0.15, 0.2) is 0 Å². The van der Waals surface area contributed by atoms with Crippen LogP contribution in [-0.4, -0.2) is 30.1 Å². The van der Waals surface area contributed by atoms with E-state index in [1.165, 1.54) is 12.0 Å². The van der Waals surface area contributed by atoms with Crippen molar-refractivity contribution in [2.24, 2.45) is 0 Å². The molecule has 1 heterocycles. The summed E-state index contributed by atoms with van der Waals surface area (Å²) < 4.78 is 51.1. The molecule has 1 saturated heterocycles. The van der Waals surface area contributed by atoms with Gasteiger partial charge in [0.2, 0.25) is 0 Å². The smallest absolute Gasteiger partial charge is 0.416 e. The number of hydrogen-bond donors (Lipinski definition) is 1. The van der Waals surface area contributed by atoms with Crippen LogP contribution in [0, 0.1) is 20.8 Å². The van der Waals surface area contributed by atoms with Gasteiger partial charge in [0, 0.05) is 21.8 Å². The molecule has 4 aromatic rings. The average Bonchev–Trinajstić information content (AvgIpc) is 3.25. The van der Waals surface area contributed by atoms with Crippen LogP contribution in [0.1, 0.15) is 56.8 Å². The molecule has 2 atom stereocenters. The van der Waals surface area contributed by atoms with Crippen LogP contribution in [0.4, 0.5) is 23.7 Å². The molecule has 45 heavy (non-hydrogen) atoms. The van der Waals surface area contributed by atoms with E-state index in [0.717, 1.165) is 34.4 Å². The first kappa shape index (κ1) is 31.9. The number of nitrogen functional groups attached to an aromatic ring is 1. The Bertz CT molecular complexity index is 1820. The van der Waals surface area contributed by atoms with Crippen LogP contribution in [0.25, 0.3) is 22.3 Å². The van der Waals surface area contributed by atoms with Gasteiger partial charge in [-0.25, -0.2) is 9.59 Å². The number of methoxy groups -OCH3 is 1. The molecule has 0 bridgehead atoms. The van der Waals surface area contributed by atoms with Crippen molar-refractivity contribution in [1.29, 1.82) is 0 Å². The number of hydrogen-bond acceptors (Lipinski definition) is 5. The summed E-state index contributed by atoms with van der Waals surface area (Å²) in [5, 5.41) is 0.439. The van der Waals surface area contributed by atoms with E-state index >= 15 is 0 Å². The number of anilines is 1. The number of carbonyl (C=O) groups is 2. The Morgan fingerprint density at radius 2 is 1.69 bits per heavy atom. The van der Waals surface area contributed by atoms with Crippen molar-refractivity contribution < 1.29 is 32.2 Å². The summed E-state index contributed by atoms with van der Waals surface area (Å²) in [7, 11) is 1.33. The van der Waals surface area contributed by atoms with Crippen LogP contribution in [0.2, 0.25) is 5.02 Å². The standard InChI is InChI=1S/C35H32ClF3N2O4/c1-18-10-24(15-26(12-18)35(37,38)39)32-21(4)41(34(43)45-32)17-25-11-19(2)13-30(40)31(25)28-16-22(7-9-29(28)36)27-8-6-23(14-20(27)3)33(42)44-5/h6-16,21,32H,17,40H2,1-5H3/t21-,32-/m0/s1. The van der Waals surface area contributed by atoms with Crippen molar-refractivity contribution in [2.45, 2.75) is 52.6 Å². The molecule has 0 aromatic heterocycles. The normalized spacial score (nSPS) is 16.6. The minimum absolute atomic E-state index is 0.0864. The first-order valence-electron chi connectivity index (χ1n) is 14.2. The SMILES string of the molecule is COC(=O)c1ccc(-c2ccc(Cl)c(-c3c(N)cc(C)cc3CN3C(=O)O[C@H](c4cc(C)cc(C(F)(F)F)c4)[C@@H]3C)c2)c(C)c1. The van der Waals surface area contributed by atoms with Crippen molar-refractivity contribution in [3.05, 3.63) is 111 Å². The predicted octanol–water partition coefficient (Wildman–Crippen LogP) is 9.07. The van der Waals surface area contributed by atoms with Gasteiger partial charge in [-0.1, -0.05) is 41.4 Å². The number of amides is 1. The van der Waals surface area contributed by atoms with Gasteiger partial charge in [-0.2, -0.15) is 13.2 Å². The third-order valence-electron chi connectivity index (χ3n) is 8.08. The fourth-order valence-corrected chi connectivity index (χ4v) is 6.16. The van der Waals surface area contributed by atoms with E-state index in [0.29, 0.717) is 38.5 Å². The lowest BCUT2D eigenvalue weighted by atomic mass is 9.91. The summed E-state index contributed by atoms with van der Waals surface area (Å²) in [6.45, 7) is 7.19. The molecule has 0 aliphatic carbocycles. The summed E-state index contributed by atoms with van der Waals surface area (Å²) in [6, 6.07) is 17.7. The minimum atomic E-state index is -4.53. The molecule has 6 nitrogen and oxygen atoms in total. The molecule has 234 valence electrons. The lowest BCUT2D eigenvalue weighted by molar-refractivity contribution is -0.137. The lowest BCUT2D eigenvalue weighted by Gasteiger charge is -2.24. The Labute approximate surface area is 264 Å². The van der Waals surface area contributed by atoms with Gasteiger partial charge in [0.25, 0.3) is 0 Å². The number of halogens is 4. The van der Waals surface area contributed by atoms with Crippen LogP contribution < -0.4 is 5.73 Å². The van der Waals surface area contributed by atoms with Crippen LogP contribution >= 0.6 is 11.6 Å². The number of aryl methyl sites for hydroxylation is 3. The zero-order valence-electron chi connectivity index (χ0n) is 25.4. The molecule has 0 unspecified atom stereocenters. The molecule has 2 N–H and O–H groups in total. The van der Waals surface area contributed by atoms with E-state index in [-0.39, 0.29) is 12.1 Å². The van der Waals surface area contributed by atoms with E-state index in [2.05, 4.69) is 0 Å². The Kier molecular flexibility index (Phi) is 8.60. The van der Waals surface area contributed by atoms with Crippen molar-refractivity contribution in [3.8, 4) is 22.3 Å². The van der Waals surface area contributed by atoms with Gasteiger partial charge in [0.1, 0.15) is 6.10 Å². The molecule has 0 spiro atoms. The molecule has 1 aliphatic rings. The van der Waals surface area contributed by atoms with Crippen LogP contribution in [0.15, 0.2) is 66.7 Å². The van der Waals surface area contributed by atoms with Gasteiger partial charge >= 0.3 is 18.2 Å². The van der Waals surface area contributed by atoms with Crippen LogP contribution in [0.3, 0.4) is 0 Å². The molecule has 0 saturated carbocycles. The van der Waals surface area contributed by atoms with Crippen LogP contribution in [0.5, 0.6) is 0 Å². The quantitative estimate of drug-likeness (QED) is 0.169. The van der Waals surface area contributed by atoms with E-state index < -0.39 is 35.9 Å². The van der Waals surface area contributed by atoms with E-state index in [1.807, 2.05) is 44.2 Å². The highest BCUT2D eigenvalue weighted by atomic mass is 35.5. The Morgan fingerprint density at radius 1 is 0.978 bits per heavy atom. The maximum absolute atomic E-state index is 13.6. The average molecular weight is 637 g/mol. The maximum Gasteiger partial charge on any atom is 0.416 e. The second kappa shape index (κ2) is 12.1. The monoisotopic (exact) mass is 636 g/mol. The molecular weight excluding hydrogens is 605 g/mol. The summed E-state index contributed by atoms with van der Waals surface area (Å²) in [5.74, 6) is -0.432. The first-order chi connectivity index (χ1) is 21.2. The minimum Gasteiger partial charge on any atom is -0.465 e. The molecule has 0 radical (unpaired) electrons. The molecular formula is C35H32ClF3N2O4. The number of nitrogens with zero attached hydrogens (tertiary/aromatic N) is 1. The van der Waals surface area contributed by atoms with Crippen LogP contribution in [-0.2, 0) is 22.2 Å². The lowest BCUT2D eigenvalue weighted by Crippen LogP contribution is -2.31. The highest BCUT2D eigenvalue weighted by Crippen LogP contribution is 2.42. The largest absolute Gasteiger partial charge is 0.465 e. The van der Waals surface area contributed by atoms with E-state index in [4.69, 9.17) is 26.8 Å². The highest BCUT2D eigenvalue weighted by Gasteiger charge is 2.41. The summed E-state index contributed by atoms with van der Waals surface area (Å²) in [4.78, 5) is 26.7. The van der Waals surface area contributed by atoms with Crippen molar-refractivity contribution in [2.75, 3.05) is 12.8 Å². The molecule has 10 heteroatoms. The van der Waals surface area contributed by atoms with Gasteiger partial charge < -0.3 is 15.2 Å². The molecule has 1 amide bonds. The number of ether oxygens (including phenoxy) is 2. The number of rotatable bonds is 6. The Hall–Kier alpha value is -4.50. The second-order valence-corrected chi connectivity index (χ2v) is 11.8. The van der Waals surface area contributed by atoms with E-state index in [1.54, 1.807) is 38.1 Å². The molecule has 5 rings (SSSR count). The van der Waals surface area contributed by atoms with Crippen molar-refractivity contribution >= 4 is 29.4 Å². The van der Waals surface area contributed by atoms with Crippen molar-refractivity contribution in [3.63, 3.8) is 0 Å². The first-order valence-corrected chi connectivity index (χ1v) is 14.6. The fourth-order valence-electron chi connectivity index (χ4n) is 5.95. The third-order valence-corrected chi connectivity index (χ3v) is 8.41. The number of nitrogens with two attached hydrogens (primary N) is 1. The zero-order chi connectivity index (χ0) is 32.8.